The fourth-order valence-electron chi connectivity index (χ4n) is 4.92. The molecule has 0 saturated heterocycles. The van der Waals surface area contributed by atoms with Crippen molar-refractivity contribution in [1.82, 2.24) is 5.32 Å². The van der Waals surface area contributed by atoms with Crippen LogP contribution < -0.4 is 5.32 Å². The predicted octanol–water partition coefficient (Wildman–Crippen LogP) is 6.29. The Balaban J connectivity index is 1.29. The zero-order chi connectivity index (χ0) is 26.6. The summed E-state index contributed by atoms with van der Waals surface area (Å²) in [5.41, 5.74) is 6.75. The molecule has 0 radical (unpaired) electrons. The van der Waals surface area contributed by atoms with Gasteiger partial charge < -0.3 is 19.9 Å². The van der Waals surface area contributed by atoms with Gasteiger partial charge >= 0.3 is 12.1 Å². The fraction of sp³-hybridized carbons (Fsp3) is 0.161. The summed E-state index contributed by atoms with van der Waals surface area (Å²) in [4.78, 5) is 25.4. The van der Waals surface area contributed by atoms with Gasteiger partial charge in [0.25, 0.3) is 0 Å². The van der Waals surface area contributed by atoms with Crippen LogP contribution in [0.3, 0.4) is 0 Å². The van der Waals surface area contributed by atoms with Crippen LogP contribution in [0.4, 0.5) is 4.79 Å². The van der Waals surface area contributed by atoms with Crippen molar-refractivity contribution >= 4 is 34.7 Å². The molecule has 0 fully saturated rings. The van der Waals surface area contributed by atoms with E-state index < -0.39 is 18.1 Å². The van der Waals surface area contributed by atoms with Crippen molar-refractivity contribution in [2.75, 3.05) is 13.7 Å². The minimum Gasteiger partial charge on any atom is -0.507 e. The zero-order valence-corrected chi connectivity index (χ0v) is 22.8. The van der Waals surface area contributed by atoms with Gasteiger partial charge in [0.2, 0.25) is 0 Å². The van der Waals surface area contributed by atoms with Crippen LogP contribution in [0.2, 0.25) is 0 Å². The lowest BCUT2D eigenvalue weighted by molar-refractivity contribution is -0.143. The fourth-order valence-corrected chi connectivity index (χ4v) is 5.28. The first-order chi connectivity index (χ1) is 18.4. The maximum atomic E-state index is 12.8. The number of alkyl carbamates (subject to hydrolysis) is 1. The number of halogens is 1. The van der Waals surface area contributed by atoms with E-state index in [2.05, 4.69) is 52.2 Å². The molecule has 0 bridgehead atoms. The van der Waals surface area contributed by atoms with Crippen molar-refractivity contribution in [3.05, 3.63) is 111 Å². The van der Waals surface area contributed by atoms with Crippen LogP contribution in [0.25, 0.3) is 22.3 Å². The number of fused-ring (bicyclic) bond motifs is 3. The second kappa shape index (κ2) is 11.3. The van der Waals surface area contributed by atoms with Crippen LogP contribution in [0.1, 0.15) is 22.6 Å². The second-order valence-corrected chi connectivity index (χ2v) is 10.4. The van der Waals surface area contributed by atoms with Gasteiger partial charge in [-0.1, -0.05) is 66.7 Å². The third kappa shape index (κ3) is 5.38. The summed E-state index contributed by atoms with van der Waals surface area (Å²) in [6.07, 6.45) is -0.520. The van der Waals surface area contributed by atoms with Gasteiger partial charge in [0.15, 0.2) is 0 Å². The first-order valence-corrected chi connectivity index (χ1v) is 13.3. The lowest BCUT2D eigenvalue weighted by Crippen LogP contribution is -2.43. The molecule has 2 N–H and O–H groups in total. The Kier molecular flexibility index (Phi) is 7.64. The molecule has 0 unspecified atom stereocenters. The van der Waals surface area contributed by atoms with Gasteiger partial charge in [0.05, 0.1) is 7.11 Å². The van der Waals surface area contributed by atoms with Crippen LogP contribution >= 0.6 is 22.6 Å². The number of esters is 1. The molecule has 0 spiro atoms. The first-order valence-electron chi connectivity index (χ1n) is 12.2. The third-order valence-corrected chi connectivity index (χ3v) is 7.50. The van der Waals surface area contributed by atoms with Gasteiger partial charge in [0, 0.05) is 21.5 Å². The van der Waals surface area contributed by atoms with Crippen molar-refractivity contribution in [1.29, 1.82) is 0 Å². The largest absolute Gasteiger partial charge is 0.507 e. The Morgan fingerprint density at radius 1 is 0.895 bits per heavy atom. The molecule has 0 saturated carbocycles. The minimum atomic E-state index is -0.954. The lowest BCUT2D eigenvalue weighted by atomic mass is 9.98. The normalized spacial score (nSPS) is 12.8. The van der Waals surface area contributed by atoms with E-state index in [1.807, 2.05) is 54.6 Å². The molecule has 5 rings (SSSR count). The van der Waals surface area contributed by atoms with Gasteiger partial charge in [-0.15, -0.1) is 0 Å². The molecule has 7 heteroatoms. The summed E-state index contributed by atoms with van der Waals surface area (Å²) >= 11 is 2.22. The van der Waals surface area contributed by atoms with Gasteiger partial charge in [-0.25, -0.2) is 9.59 Å². The smallest absolute Gasteiger partial charge is 0.407 e. The van der Waals surface area contributed by atoms with Gasteiger partial charge in [0.1, 0.15) is 18.4 Å². The number of hydrogen-bond acceptors (Lipinski definition) is 5. The zero-order valence-electron chi connectivity index (χ0n) is 20.7. The van der Waals surface area contributed by atoms with Crippen molar-refractivity contribution in [3.63, 3.8) is 0 Å². The maximum Gasteiger partial charge on any atom is 0.407 e. The quantitative estimate of drug-likeness (QED) is 0.188. The Labute approximate surface area is 234 Å². The highest BCUT2D eigenvalue weighted by Gasteiger charge is 2.30. The number of aromatic hydroxyl groups is 1. The van der Waals surface area contributed by atoms with Crippen molar-refractivity contribution in [3.8, 4) is 28.0 Å². The van der Waals surface area contributed by atoms with Gasteiger partial charge in [-0.2, -0.15) is 0 Å². The summed E-state index contributed by atoms with van der Waals surface area (Å²) < 4.78 is 11.7. The van der Waals surface area contributed by atoms with E-state index in [-0.39, 0.29) is 24.7 Å². The molecule has 38 heavy (non-hydrogen) atoms. The first kappa shape index (κ1) is 25.8. The van der Waals surface area contributed by atoms with E-state index in [1.165, 1.54) is 7.11 Å². The molecule has 4 aromatic carbocycles. The van der Waals surface area contributed by atoms with Crippen LogP contribution in [-0.2, 0) is 20.7 Å². The standard InChI is InChI=1S/C31H26INO5/c1-37-30(35)28(17-19-10-15-29(34)26(16-19)20-11-13-21(32)14-12-20)33-31(36)38-18-27-24-8-4-2-6-22(24)23-7-3-5-9-25(23)27/h2-16,27-28,34H,17-18H2,1H3,(H,33,36)/t28-/m0/s1. The van der Waals surface area contributed by atoms with Crippen LogP contribution in [0, 0.1) is 3.57 Å². The number of methoxy groups -OCH3 is 1. The lowest BCUT2D eigenvalue weighted by Gasteiger charge is -2.19. The van der Waals surface area contributed by atoms with Crippen molar-refractivity contribution in [2.24, 2.45) is 0 Å². The number of amides is 1. The topological polar surface area (TPSA) is 84.9 Å². The number of carbonyl (C=O) groups excluding carboxylic acids is 2. The summed E-state index contributed by atoms with van der Waals surface area (Å²) in [7, 11) is 1.28. The van der Waals surface area contributed by atoms with E-state index in [9.17, 15) is 14.7 Å². The van der Waals surface area contributed by atoms with Crippen LogP contribution in [0.5, 0.6) is 5.75 Å². The van der Waals surface area contributed by atoms with Crippen molar-refractivity contribution < 1.29 is 24.2 Å². The molecule has 192 valence electrons. The molecular formula is C31H26INO5. The molecule has 4 aromatic rings. The average molecular weight is 619 g/mol. The van der Waals surface area contributed by atoms with Crippen LogP contribution in [0.15, 0.2) is 91.0 Å². The van der Waals surface area contributed by atoms with E-state index in [4.69, 9.17) is 9.47 Å². The molecule has 6 nitrogen and oxygen atoms in total. The Morgan fingerprint density at radius 2 is 1.53 bits per heavy atom. The number of ether oxygens (including phenoxy) is 2. The molecule has 1 amide bonds. The monoisotopic (exact) mass is 619 g/mol. The number of benzene rings is 4. The number of rotatable bonds is 7. The highest BCUT2D eigenvalue weighted by Crippen LogP contribution is 2.44. The van der Waals surface area contributed by atoms with Gasteiger partial charge in [-0.05, 0) is 80.2 Å². The molecule has 0 aromatic heterocycles. The second-order valence-electron chi connectivity index (χ2n) is 9.11. The highest BCUT2D eigenvalue weighted by molar-refractivity contribution is 14.1. The Morgan fingerprint density at radius 3 is 2.16 bits per heavy atom. The SMILES string of the molecule is COC(=O)[C@H](Cc1ccc(O)c(-c2ccc(I)cc2)c1)NC(=O)OCC1c2ccccc2-c2ccccc21. The number of nitrogens with one attached hydrogen (secondary N) is 1. The number of carbonyl (C=O) groups is 2. The van der Waals surface area contributed by atoms with E-state index in [0.717, 1.165) is 37.0 Å². The highest BCUT2D eigenvalue weighted by atomic mass is 127. The number of hydrogen-bond donors (Lipinski definition) is 2. The Hall–Kier alpha value is -3.85. The predicted molar refractivity (Wildman–Crippen MR) is 154 cm³/mol. The van der Waals surface area contributed by atoms with Crippen molar-refractivity contribution in [2.45, 2.75) is 18.4 Å². The van der Waals surface area contributed by atoms with Crippen LogP contribution in [-0.4, -0.2) is 36.9 Å². The van der Waals surface area contributed by atoms with E-state index >= 15 is 0 Å². The average Bonchev–Trinajstić information content (AvgIpc) is 3.26. The summed E-state index contributed by atoms with van der Waals surface area (Å²) in [6, 6.07) is 28.1. The minimum absolute atomic E-state index is 0.0849. The number of phenols is 1. The molecule has 0 heterocycles. The summed E-state index contributed by atoms with van der Waals surface area (Å²) in [5.74, 6) is -0.533. The maximum absolute atomic E-state index is 12.8. The summed E-state index contributed by atoms with van der Waals surface area (Å²) in [6.45, 7) is 0.143. The van der Waals surface area contributed by atoms with Gasteiger partial charge in [-0.3, -0.25) is 0 Å². The molecular weight excluding hydrogens is 593 g/mol. The van der Waals surface area contributed by atoms with E-state index in [0.29, 0.717) is 5.56 Å². The third-order valence-electron chi connectivity index (χ3n) is 6.78. The molecule has 1 atom stereocenters. The summed E-state index contributed by atoms with van der Waals surface area (Å²) in [5, 5.41) is 13.1. The molecule has 1 aliphatic rings. The Bertz CT molecular complexity index is 1440. The molecule has 1 aliphatic carbocycles. The molecule has 0 aliphatic heterocycles. The number of phenolic OH excluding ortho intramolecular Hbond substituents is 1. The van der Waals surface area contributed by atoms with E-state index in [1.54, 1.807) is 12.1 Å².